The summed E-state index contributed by atoms with van der Waals surface area (Å²) in [7, 11) is 0. The summed E-state index contributed by atoms with van der Waals surface area (Å²) >= 11 is 0. The van der Waals surface area contributed by atoms with Gasteiger partial charge in [0.15, 0.2) is 0 Å². The predicted octanol–water partition coefficient (Wildman–Crippen LogP) is 1.27. The van der Waals surface area contributed by atoms with Crippen LogP contribution in [0.1, 0.15) is 18.4 Å². The summed E-state index contributed by atoms with van der Waals surface area (Å²) in [5, 5.41) is 16.3. The lowest BCUT2D eigenvalue weighted by Gasteiger charge is -2.01. The Morgan fingerprint density at radius 2 is 2.33 bits per heavy atom. The number of hydrogen-bond donors (Lipinski definition) is 2. The number of benzene rings is 1. The highest BCUT2D eigenvalue weighted by molar-refractivity contribution is 5.53. The van der Waals surface area contributed by atoms with E-state index in [2.05, 4.69) is 15.5 Å². The van der Waals surface area contributed by atoms with Gasteiger partial charge in [-0.1, -0.05) is 17.3 Å². The number of aromatic nitrogens is 2. The van der Waals surface area contributed by atoms with E-state index < -0.39 is 0 Å². The van der Waals surface area contributed by atoms with Gasteiger partial charge >= 0.3 is 0 Å². The van der Waals surface area contributed by atoms with E-state index in [0.29, 0.717) is 30.2 Å². The SMILES string of the molecule is OC1CNC(c2nc(-c3cccc(F)c3)no2)C1. The maximum absolute atomic E-state index is 13.1. The maximum Gasteiger partial charge on any atom is 0.244 e. The van der Waals surface area contributed by atoms with Crippen LogP contribution in [0.3, 0.4) is 0 Å². The first-order chi connectivity index (χ1) is 8.72. The van der Waals surface area contributed by atoms with Crippen LogP contribution in [0.4, 0.5) is 4.39 Å². The number of hydrogen-bond acceptors (Lipinski definition) is 5. The third-order valence-corrected chi connectivity index (χ3v) is 2.93. The third-order valence-electron chi connectivity index (χ3n) is 2.93. The molecule has 2 N–H and O–H groups in total. The lowest BCUT2D eigenvalue weighted by molar-refractivity contribution is 0.191. The number of nitrogens with one attached hydrogen (secondary N) is 1. The fraction of sp³-hybridized carbons (Fsp3) is 0.333. The summed E-state index contributed by atoms with van der Waals surface area (Å²) in [6, 6.07) is 5.90. The summed E-state index contributed by atoms with van der Waals surface area (Å²) in [5.74, 6) is 0.437. The first kappa shape index (κ1) is 11.3. The van der Waals surface area contributed by atoms with E-state index in [1.165, 1.54) is 12.1 Å². The quantitative estimate of drug-likeness (QED) is 0.838. The summed E-state index contributed by atoms with van der Waals surface area (Å²) in [6.07, 6.45) is 0.157. The second kappa shape index (κ2) is 4.47. The van der Waals surface area contributed by atoms with E-state index in [9.17, 15) is 9.50 Å². The maximum atomic E-state index is 13.1. The minimum Gasteiger partial charge on any atom is -0.392 e. The van der Waals surface area contributed by atoms with Crippen molar-refractivity contribution >= 4 is 0 Å². The average molecular weight is 249 g/mol. The van der Waals surface area contributed by atoms with Crippen LogP contribution in [-0.4, -0.2) is 27.9 Å². The normalized spacial score (nSPS) is 23.4. The Hall–Kier alpha value is -1.79. The van der Waals surface area contributed by atoms with Crippen LogP contribution in [-0.2, 0) is 0 Å². The molecule has 2 heterocycles. The van der Waals surface area contributed by atoms with Gasteiger partial charge in [0.25, 0.3) is 0 Å². The highest BCUT2D eigenvalue weighted by Gasteiger charge is 2.28. The van der Waals surface area contributed by atoms with Crippen molar-refractivity contribution in [3.63, 3.8) is 0 Å². The summed E-state index contributed by atoms with van der Waals surface area (Å²) in [5.41, 5.74) is 0.573. The number of halogens is 1. The molecule has 0 saturated carbocycles. The molecule has 1 aliphatic heterocycles. The largest absolute Gasteiger partial charge is 0.392 e. The number of aliphatic hydroxyl groups excluding tert-OH is 1. The Morgan fingerprint density at radius 1 is 1.44 bits per heavy atom. The summed E-state index contributed by atoms with van der Waals surface area (Å²) in [6.45, 7) is 0.516. The molecule has 5 nitrogen and oxygen atoms in total. The van der Waals surface area contributed by atoms with E-state index in [4.69, 9.17) is 4.52 Å². The van der Waals surface area contributed by atoms with Gasteiger partial charge in [0.2, 0.25) is 11.7 Å². The molecule has 94 valence electrons. The highest BCUT2D eigenvalue weighted by atomic mass is 19.1. The molecule has 6 heteroatoms. The number of nitrogens with zero attached hydrogens (tertiary/aromatic N) is 2. The van der Waals surface area contributed by atoms with Crippen LogP contribution < -0.4 is 5.32 Å². The molecule has 1 aliphatic rings. The first-order valence-electron chi connectivity index (χ1n) is 5.73. The number of β-amino-alcohol motifs (C(OH)–C–C–N with tert-alkyl or cyclic N) is 1. The molecular formula is C12H12FN3O2. The van der Waals surface area contributed by atoms with Gasteiger partial charge in [-0.05, 0) is 18.6 Å². The molecule has 1 aromatic carbocycles. The van der Waals surface area contributed by atoms with Gasteiger partial charge < -0.3 is 14.9 Å². The van der Waals surface area contributed by atoms with Crippen LogP contribution in [0.2, 0.25) is 0 Å². The van der Waals surface area contributed by atoms with Crippen molar-refractivity contribution in [3.8, 4) is 11.4 Å². The Labute approximate surface area is 103 Å². The van der Waals surface area contributed by atoms with Crippen molar-refractivity contribution in [2.24, 2.45) is 0 Å². The molecule has 2 unspecified atom stereocenters. The van der Waals surface area contributed by atoms with Crippen LogP contribution >= 0.6 is 0 Å². The zero-order chi connectivity index (χ0) is 12.5. The van der Waals surface area contributed by atoms with Crippen molar-refractivity contribution in [2.75, 3.05) is 6.54 Å². The van der Waals surface area contributed by atoms with Crippen molar-refractivity contribution < 1.29 is 14.0 Å². The van der Waals surface area contributed by atoms with Gasteiger partial charge in [-0.15, -0.1) is 0 Å². The van der Waals surface area contributed by atoms with Gasteiger partial charge in [-0.25, -0.2) is 4.39 Å². The smallest absolute Gasteiger partial charge is 0.244 e. The third kappa shape index (κ3) is 2.12. The van der Waals surface area contributed by atoms with E-state index in [1.54, 1.807) is 12.1 Å². The number of aliphatic hydroxyl groups is 1. The van der Waals surface area contributed by atoms with Crippen molar-refractivity contribution in [3.05, 3.63) is 36.0 Å². The number of rotatable bonds is 2. The Bertz CT molecular complexity index is 558. The molecule has 0 bridgehead atoms. The molecule has 2 aromatic rings. The topological polar surface area (TPSA) is 71.2 Å². The van der Waals surface area contributed by atoms with Crippen LogP contribution in [0.25, 0.3) is 11.4 Å². The van der Waals surface area contributed by atoms with E-state index >= 15 is 0 Å². The highest BCUT2D eigenvalue weighted by Crippen LogP contribution is 2.24. The zero-order valence-electron chi connectivity index (χ0n) is 9.51. The molecule has 0 aliphatic carbocycles. The van der Waals surface area contributed by atoms with Crippen LogP contribution in [0, 0.1) is 5.82 Å². The molecule has 1 saturated heterocycles. The molecule has 0 radical (unpaired) electrons. The molecule has 18 heavy (non-hydrogen) atoms. The average Bonchev–Trinajstić information content (AvgIpc) is 2.97. The Balaban J connectivity index is 1.85. The second-order valence-electron chi connectivity index (χ2n) is 4.32. The molecule has 1 aromatic heterocycles. The van der Waals surface area contributed by atoms with Crippen LogP contribution in [0.5, 0.6) is 0 Å². The molecule has 2 atom stereocenters. The lowest BCUT2D eigenvalue weighted by Crippen LogP contribution is -2.15. The fourth-order valence-corrected chi connectivity index (χ4v) is 2.03. The zero-order valence-corrected chi connectivity index (χ0v) is 9.51. The second-order valence-corrected chi connectivity index (χ2v) is 4.32. The van der Waals surface area contributed by atoms with E-state index in [1.807, 2.05) is 0 Å². The minimum absolute atomic E-state index is 0.130. The van der Waals surface area contributed by atoms with Crippen molar-refractivity contribution in [1.82, 2.24) is 15.5 Å². The van der Waals surface area contributed by atoms with Crippen molar-refractivity contribution in [1.29, 1.82) is 0 Å². The summed E-state index contributed by atoms with van der Waals surface area (Å²) in [4.78, 5) is 4.22. The monoisotopic (exact) mass is 249 g/mol. The van der Waals surface area contributed by atoms with Gasteiger partial charge in [-0.3, -0.25) is 0 Å². The molecule has 0 amide bonds. The summed E-state index contributed by atoms with van der Waals surface area (Å²) < 4.78 is 18.2. The Kier molecular flexibility index (Phi) is 2.81. The fourth-order valence-electron chi connectivity index (χ4n) is 2.03. The molecular weight excluding hydrogens is 237 g/mol. The molecule has 3 rings (SSSR count). The van der Waals surface area contributed by atoms with Crippen molar-refractivity contribution in [2.45, 2.75) is 18.6 Å². The standard InChI is InChI=1S/C12H12FN3O2/c13-8-3-1-2-7(4-8)11-15-12(18-16-11)10-5-9(17)6-14-10/h1-4,9-10,14,17H,5-6H2. The van der Waals surface area contributed by atoms with Gasteiger partial charge in [-0.2, -0.15) is 4.98 Å². The van der Waals surface area contributed by atoms with Gasteiger partial charge in [0.1, 0.15) is 5.82 Å². The minimum atomic E-state index is -0.389. The molecule has 1 fully saturated rings. The van der Waals surface area contributed by atoms with E-state index in [-0.39, 0.29) is 18.0 Å². The van der Waals surface area contributed by atoms with Crippen LogP contribution in [0.15, 0.2) is 28.8 Å². The van der Waals surface area contributed by atoms with E-state index in [0.717, 1.165) is 0 Å². The molecule has 0 spiro atoms. The van der Waals surface area contributed by atoms with Gasteiger partial charge in [0, 0.05) is 12.1 Å². The van der Waals surface area contributed by atoms with Gasteiger partial charge in [0.05, 0.1) is 12.1 Å². The predicted molar refractivity (Wildman–Crippen MR) is 61.1 cm³/mol. The first-order valence-corrected chi connectivity index (χ1v) is 5.73. The lowest BCUT2D eigenvalue weighted by atomic mass is 10.2. The Morgan fingerprint density at radius 3 is 3.06 bits per heavy atom.